The zero-order chi connectivity index (χ0) is 15.5. The standard InChI is InChI=1S/C17H23FN2O2/c18-13-5-3-12(4-6-13)10-14-2-1-9-20(14)17(21)16-8-7-15(11-19)22-16/h3-6,14-16H,1-2,7-11,19H2/t14?,15-,16+/m1/s1. The summed E-state index contributed by atoms with van der Waals surface area (Å²) in [6.45, 7) is 1.26. The lowest BCUT2D eigenvalue weighted by Crippen LogP contribution is -2.43. The summed E-state index contributed by atoms with van der Waals surface area (Å²) in [5.74, 6) is -0.129. The van der Waals surface area contributed by atoms with E-state index in [4.69, 9.17) is 10.5 Å². The molecule has 2 saturated heterocycles. The Bertz CT molecular complexity index is 520. The molecule has 0 aliphatic carbocycles. The molecule has 120 valence electrons. The lowest BCUT2D eigenvalue weighted by atomic mass is 10.0. The highest BCUT2D eigenvalue weighted by Crippen LogP contribution is 2.27. The van der Waals surface area contributed by atoms with Crippen LogP contribution in [0.5, 0.6) is 0 Å². The van der Waals surface area contributed by atoms with Crippen molar-refractivity contribution in [3.8, 4) is 0 Å². The summed E-state index contributed by atoms with van der Waals surface area (Å²) in [7, 11) is 0. The average molecular weight is 306 g/mol. The quantitative estimate of drug-likeness (QED) is 0.924. The maximum atomic E-state index is 13.0. The maximum absolute atomic E-state index is 13.0. The van der Waals surface area contributed by atoms with E-state index in [1.165, 1.54) is 12.1 Å². The van der Waals surface area contributed by atoms with Gasteiger partial charge in [0.2, 0.25) is 0 Å². The van der Waals surface area contributed by atoms with Gasteiger partial charge >= 0.3 is 0 Å². The Balaban J connectivity index is 1.63. The number of nitrogens with zero attached hydrogens (tertiary/aromatic N) is 1. The van der Waals surface area contributed by atoms with Gasteiger partial charge in [0, 0.05) is 19.1 Å². The van der Waals surface area contributed by atoms with Crippen LogP contribution in [-0.4, -0.2) is 42.1 Å². The monoisotopic (exact) mass is 306 g/mol. The molecule has 2 aliphatic rings. The Morgan fingerprint density at radius 3 is 2.73 bits per heavy atom. The van der Waals surface area contributed by atoms with Crippen molar-refractivity contribution >= 4 is 5.91 Å². The number of rotatable bonds is 4. The van der Waals surface area contributed by atoms with Crippen LogP contribution in [0.4, 0.5) is 4.39 Å². The number of hydrogen-bond donors (Lipinski definition) is 1. The van der Waals surface area contributed by atoms with Crippen LogP contribution in [0.15, 0.2) is 24.3 Å². The predicted molar refractivity (Wildman–Crippen MR) is 81.8 cm³/mol. The number of carbonyl (C=O) groups is 1. The third-order valence-electron chi connectivity index (χ3n) is 4.69. The first kappa shape index (κ1) is 15.4. The summed E-state index contributed by atoms with van der Waals surface area (Å²) < 4.78 is 18.7. The molecule has 2 fully saturated rings. The van der Waals surface area contributed by atoms with E-state index in [1.807, 2.05) is 4.90 Å². The zero-order valence-electron chi connectivity index (χ0n) is 12.7. The summed E-state index contributed by atoms with van der Waals surface area (Å²) in [6, 6.07) is 6.74. The molecule has 3 rings (SSSR count). The Hall–Kier alpha value is -1.46. The van der Waals surface area contributed by atoms with Crippen LogP contribution in [0.3, 0.4) is 0 Å². The maximum Gasteiger partial charge on any atom is 0.251 e. The minimum atomic E-state index is -0.331. The van der Waals surface area contributed by atoms with Gasteiger partial charge < -0.3 is 15.4 Å². The lowest BCUT2D eigenvalue weighted by Gasteiger charge is -2.27. The fourth-order valence-electron chi connectivity index (χ4n) is 3.48. The lowest BCUT2D eigenvalue weighted by molar-refractivity contribution is -0.143. The van der Waals surface area contributed by atoms with Crippen LogP contribution in [0.2, 0.25) is 0 Å². The Labute approximate surface area is 130 Å². The van der Waals surface area contributed by atoms with Crippen LogP contribution in [0.1, 0.15) is 31.2 Å². The second-order valence-electron chi connectivity index (χ2n) is 6.22. The van der Waals surface area contributed by atoms with E-state index in [0.717, 1.165) is 44.2 Å². The second-order valence-corrected chi connectivity index (χ2v) is 6.22. The Kier molecular flexibility index (Phi) is 4.74. The molecular weight excluding hydrogens is 283 g/mol. The van der Waals surface area contributed by atoms with Crippen LogP contribution < -0.4 is 5.73 Å². The fourth-order valence-corrected chi connectivity index (χ4v) is 3.48. The van der Waals surface area contributed by atoms with Crippen molar-refractivity contribution in [1.29, 1.82) is 0 Å². The van der Waals surface area contributed by atoms with Crippen LogP contribution >= 0.6 is 0 Å². The van der Waals surface area contributed by atoms with Crippen molar-refractivity contribution in [3.05, 3.63) is 35.6 Å². The van der Waals surface area contributed by atoms with Gasteiger partial charge in [-0.15, -0.1) is 0 Å². The molecule has 22 heavy (non-hydrogen) atoms. The van der Waals surface area contributed by atoms with E-state index in [2.05, 4.69) is 0 Å². The van der Waals surface area contributed by atoms with Crippen molar-refractivity contribution in [2.75, 3.05) is 13.1 Å². The minimum absolute atomic E-state index is 0.0205. The summed E-state index contributed by atoms with van der Waals surface area (Å²) in [6.07, 6.45) is 4.11. The molecule has 1 amide bonds. The largest absolute Gasteiger partial charge is 0.364 e. The molecule has 0 saturated carbocycles. The van der Waals surface area contributed by atoms with Crippen molar-refractivity contribution in [2.45, 2.75) is 50.4 Å². The third kappa shape index (κ3) is 3.31. The number of hydrogen-bond acceptors (Lipinski definition) is 3. The molecule has 0 aromatic heterocycles. The number of ether oxygens (including phenoxy) is 1. The molecule has 1 unspecified atom stereocenters. The Morgan fingerprint density at radius 1 is 1.27 bits per heavy atom. The molecule has 1 aromatic rings. The molecule has 5 heteroatoms. The predicted octanol–water partition coefficient (Wildman–Crippen LogP) is 1.87. The van der Waals surface area contributed by atoms with Gasteiger partial charge in [0.15, 0.2) is 0 Å². The van der Waals surface area contributed by atoms with E-state index < -0.39 is 0 Å². The minimum Gasteiger partial charge on any atom is -0.364 e. The van der Waals surface area contributed by atoms with Gasteiger partial charge in [0.25, 0.3) is 5.91 Å². The van der Waals surface area contributed by atoms with Gasteiger partial charge in [-0.3, -0.25) is 4.79 Å². The molecule has 0 spiro atoms. The molecule has 0 radical (unpaired) electrons. The number of amides is 1. The summed E-state index contributed by atoms with van der Waals surface area (Å²) >= 11 is 0. The van der Waals surface area contributed by atoms with E-state index in [9.17, 15) is 9.18 Å². The summed E-state index contributed by atoms with van der Waals surface area (Å²) in [5.41, 5.74) is 6.68. The zero-order valence-corrected chi connectivity index (χ0v) is 12.7. The van der Waals surface area contributed by atoms with Crippen LogP contribution in [-0.2, 0) is 16.0 Å². The SMILES string of the molecule is NC[C@H]1CC[C@@H](C(=O)N2CCCC2Cc2ccc(F)cc2)O1. The van der Waals surface area contributed by atoms with Crippen LogP contribution in [0.25, 0.3) is 0 Å². The summed E-state index contributed by atoms with van der Waals surface area (Å²) in [5, 5.41) is 0. The molecule has 0 bridgehead atoms. The molecule has 2 heterocycles. The third-order valence-corrected chi connectivity index (χ3v) is 4.69. The van der Waals surface area contributed by atoms with Gasteiger partial charge in [-0.25, -0.2) is 4.39 Å². The highest BCUT2D eigenvalue weighted by atomic mass is 19.1. The van der Waals surface area contributed by atoms with Gasteiger partial charge in [-0.1, -0.05) is 12.1 Å². The van der Waals surface area contributed by atoms with E-state index >= 15 is 0 Å². The topological polar surface area (TPSA) is 55.6 Å². The molecule has 2 aliphatic heterocycles. The van der Waals surface area contributed by atoms with E-state index in [1.54, 1.807) is 12.1 Å². The number of benzene rings is 1. The summed E-state index contributed by atoms with van der Waals surface area (Å²) in [4.78, 5) is 14.6. The second kappa shape index (κ2) is 6.75. The smallest absolute Gasteiger partial charge is 0.251 e. The van der Waals surface area contributed by atoms with Crippen molar-refractivity contribution in [2.24, 2.45) is 5.73 Å². The highest BCUT2D eigenvalue weighted by Gasteiger charge is 2.37. The molecule has 4 nitrogen and oxygen atoms in total. The van der Waals surface area contributed by atoms with Gasteiger partial charge in [-0.2, -0.15) is 0 Å². The Morgan fingerprint density at radius 2 is 2.05 bits per heavy atom. The average Bonchev–Trinajstić information content (AvgIpc) is 3.18. The first-order chi connectivity index (χ1) is 10.7. The highest BCUT2D eigenvalue weighted by molar-refractivity contribution is 5.81. The first-order valence-electron chi connectivity index (χ1n) is 8.08. The van der Waals surface area contributed by atoms with Crippen molar-refractivity contribution < 1.29 is 13.9 Å². The van der Waals surface area contributed by atoms with Gasteiger partial charge in [0.1, 0.15) is 11.9 Å². The van der Waals surface area contributed by atoms with Crippen molar-refractivity contribution in [3.63, 3.8) is 0 Å². The van der Waals surface area contributed by atoms with Crippen molar-refractivity contribution in [1.82, 2.24) is 4.90 Å². The van der Waals surface area contributed by atoms with Gasteiger partial charge in [-0.05, 0) is 49.8 Å². The first-order valence-corrected chi connectivity index (χ1v) is 8.08. The van der Waals surface area contributed by atoms with Crippen LogP contribution in [0, 0.1) is 5.82 Å². The van der Waals surface area contributed by atoms with Gasteiger partial charge in [0.05, 0.1) is 6.10 Å². The molecule has 3 atom stereocenters. The number of nitrogens with two attached hydrogens (primary N) is 1. The molecule has 2 N–H and O–H groups in total. The molecular formula is C17H23FN2O2. The number of likely N-dealkylation sites (tertiary alicyclic amines) is 1. The molecule has 1 aromatic carbocycles. The number of carbonyl (C=O) groups excluding carboxylic acids is 1. The number of halogens is 1. The van der Waals surface area contributed by atoms with E-state index in [0.29, 0.717) is 6.54 Å². The normalized spacial score (nSPS) is 28.3. The van der Waals surface area contributed by atoms with E-state index in [-0.39, 0.29) is 30.0 Å². The fraction of sp³-hybridized carbons (Fsp3) is 0.588.